The van der Waals surface area contributed by atoms with Crippen LogP contribution in [0.1, 0.15) is 30.3 Å². The summed E-state index contributed by atoms with van der Waals surface area (Å²) in [6.45, 7) is 2.62. The van der Waals surface area contributed by atoms with E-state index in [1.54, 1.807) is 22.9 Å². The van der Waals surface area contributed by atoms with Crippen LogP contribution >= 0.6 is 0 Å². The van der Waals surface area contributed by atoms with Gasteiger partial charge in [-0.1, -0.05) is 6.92 Å². The smallest absolute Gasteiger partial charge is 0.326 e. The molecule has 0 aromatic carbocycles. The Morgan fingerprint density at radius 3 is 2.68 bits per heavy atom. The molecule has 1 heterocycles. The number of rotatable bonds is 7. The minimum atomic E-state index is -1.31. The molecule has 0 saturated heterocycles. The SMILES string of the molecule is CCCn1cccc1C(=O)N[C@@H](CC(N)=O)C(=O)O. The van der Waals surface area contributed by atoms with Crippen LogP contribution in [0.4, 0.5) is 0 Å². The van der Waals surface area contributed by atoms with Gasteiger partial charge in [0.1, 0.15) is 11.7 Å². The van der Waals surface area contributed by atoms with E-state index in [2.05, 4.69) is 5.32 Å². The van der Waals surface area contributed by atoms with Gasteiger partial charge in [0.15, 0.2) is 0 Å². The van der Waals surface area contributed by atoms with Crippen LogP contribution < -0.4 is 11.1 Å². The number of hydrogen-bond acceptors (Lipinski definition) is 3. The summed E-state index contributed by atoms with van der Waals surface area (Å²) in [7, 11) is 0. The third kappa shape index (κ3) is 4.13. The summed E-state index contributed by atoms with van der Waals surface area (Å²) >= 11 is 0. The summed E-state index contributed by atoms with van der Waals surface area (Å²) in [6, 6.07) is 1.98. The standard InChI is InChI=1S/C12H17N3O4/c1-2-5-15-6-3-4-9(15)11(17)14-8(12(18)19)7-10(13)16/h3-4,6,8H,2,5,7H2,1H3,(H2,13,16)(H,14,17)(H,18,19)/t8-/m0/s1. The van der Waals surface area contributed by atoms with E-state index in [0.717, 1.165) is 6.42 Å². The Morgan fingerprint density at radius 2 is 2.16 bits per heavy atom. The molecule has 1 aromatic heterocycles. The molecule has 2 amide bonds. The van der Waals surface area contributed by atoms with Crippen molar-refractivity contribution in [3.05, 3.63) is 24.0 Å². The Balaban J connectivity index is 2.78. The molecule has 7 nitrogen and oxygen atoms in total. The molecule has 1 atom stereocenters. The van der Waals surface area contributed by atoms with Crippen LogP contribution in [0.5, 0.6) is 0 Å². The minimum Gasteiger partial charge on any atom is -0.480 e. The molecule has 0 aliphatic rings. The van der Waals surface area contributed by atoms with Gasteiger partial charge < -0.3 is 20.7 Å². The zero-order valence-electron chi connectivity index (χ0n) is 10.6. The number of aryl methyl sites for hydroxylation is 1. The first-order chi connectivity index (χ1) is 8.95. The predicted molar refractivity (Wildman–Crippen MR) is 67.4 cm³/mol. The number of nitrogens with one attached hydrogen (secondary N) is 1. The molecule has 104 valence electrons. The van der Waals surface area contributed by atoms with E-state index in [1.807, 2.05) is 6.92 Å². The lowest BCUT2D eigenvalue weighted by Gasteiger charge is -2.14. The maximum Gasteiger partial charge on any atom is 0.326 e. The molecule has 0 unspecified atom stereocenters. The van der Waals surface area contributed by atoms with E-state index >= 15 is 0 Å². The monoisotopic (exact) mass is 267 g/mol. The van der Waals surface area contributed by atoms with Gasteiger partial charge in [0.25, 0.3) is 5.91 Å². The van der Waals surface area contributed by atoms with E-state index in [1.165, 1.54) is 0 Å². The molecule has 0 bridgehead atoms. The van der Waals surface area contributed by atoms with Crippen molar-refractivity contribution in [3.63, 3.8) is 0 Å². The van der Waals surface area contributed by atoms with E-state index < -0.39 is 30.2 Å². The van der Waals surface area contributed by atoms with Gasteiger partial charge in [-0.3, -0.25) is 9.59 Å². The van der Waals surface area contributed by atoms with Crippen LogP contribution in [-0.2, 0) is 16.1 Å². The lowest BCUT2D eigenvalue weighted by molar-refractivity contribution is -0.140. The van der Waals surface area contributed by atoms with Gasteiger partial charge in [-0.15, -0.1) is 0 Å². The van der Waals surface area contributed by atoms with Gasteiger partial charge >= 0.3 is 5.97 Å². The van der Waals surface area contributed by atoms with Crippen LogP contribution in [0.3, 0.4) is 0 Å². The summed E-state index contributed by atoms with van der Waals surface area (Å²) in [4.78, 5) is 33.6. The second kappa shape index (κ2) is 6.58. The van der Waals surface area contributed by atoms with E-state index in [4.69, 9.17) is 10.8 Å². The van der Waals surface area contributed by atoms with E-state index in [0.29, 0.717) is 12.2 Å². The van der Waals surface area contributed by atoms with Crippen molar-refractivity contribution >= 4 is 17.8 Å². The first-order valence-corrected chi connectivity index (χ1v) is 5.92. The Bertz CT molecular complexity index is 481. The topological polar surface area (TPSA) is 114 Å². The highest BCUT2D eigenvalue weighted by Crippen LogP contribution is 2.05. The molecule has 0 spiro atoms. The van der Waals surface area contributed by atoms with Crippen LogP contribution in [0.25, 0.3) is 0 Å². The first kappa shape index (κ1) is 14.7. The van der Waals surface area contributed by atoms with Crippen molar-refractivity contribution < 1.29 is 19.5 Å². The molecular weight excluding hydrogens is 250 g/mol. The Hall–Kier alpha value is -2.31. The Labute approximate surface area is 110 Å². The second-order valence-corrected chi connectivity index (χ2v) is 4.12. The maximum absolute atomic E-state index is 12.0. The Morgan fingerprint density at radius 1 is 1.47 bits per heavy atom. The minimum absolute atomic E-state index is 0.359. The number of nitrogens with zero attached hydrogens (tertiary/aromatic N) is 1. The third-order valence-electron chi connectivity index (χ3n) is 2.54. The molecule has 0 radical (unpaired) electrons. The molecule has 0 fully saturated rings. The van der Waals surface area contributed by atoms with E-state index in [9.17, 15) is 14.4 Å². The van der Waals surface area contributed by atoms with Crippen LogP contribution in [0.2, 0.25) is 0 Å². The van der Waals surface area contributed by atoms with Gasteiger partial charge in [0.05, 0.1) is 6.42 Å². The van der Waals surface area contributed by atoms with Crippen molar-refractivity contribution in [3.8, 4) is 0 Å². The van der Waals surface area contributed by atoms with Crippen molar-refractivity contribution in [2.75, 3.05) is 0 Å². The van der Waals surface area contributed by atoms with Gasteiger partial charge in [0, 0.05) is 12.7 Å². The summed E-state index contributed by atoms with van der Waals surface area (Å²) < 4.78 is 1.72. The fourth-order valence-corrected chi connectivity index (χ4v) is 1.69. The summed E-state index contributed by atoms with van der Waals surface area (Å²) in [6.07, 6.45) is 2.15. The van der Waals surface area contributed by atoms with Crippen molar-refractivity contribution in [2.24, 2.45) is 5.73 Å². The predicted octanol–water partition coefficient (Wildman–Crippen LogP) is -0.0435. The van der Waals surface area contributed by atoms with Crippen molar-refractivity contribution in [1.29, 1.82) is 0 Å². The highest BCUT2D eigenvalue weighted by Gasteiger charge is 2.23. The van der Waals surface area contributed by atoms with Gasteiger partial charge in [-0.25, -0.2) is 4.79 Å². The normalized spacial score (nSPS) is 11.8. The average Bonchev–Trinajstić information content (AvgIpc) is 2.76. The van der Waals surface area contributed by atoms with Crippen LogP contribution in [0.15, 0.2) is 18.3 Å². The number of carbonyl (C=O) groups excluding carboxylic acids is 2. The van der Waals surface area contributed by atoms with E-state index in [-0.39, 0.29) is 0 Å². The second-order valence-electron chi connectivity index (χ2n) is 4.12. The molecule has 0 aliphatic carbocycles. The number of hydrogen-bond donors (Lipinski definition) is 3. The average molecular weight is 267 g/mol. The fraction of sp³-hybridized carbons (Fsp3) is 0.417. The number of aromatic nitrogens is 1. The third-order valence-corrected chi connectivity index (χ3v) is 2.54. The molecule has 0 saturated carbocycles. The highest BCUT2D eigenvalue weighted by molar-refractivity contribution is 5.96. The lowest BCUT2D eigenvalue weighted by atomic mass is 10.2. The van der Waals surface area contributed by atoms with Crippen molar-refractivity contribution in [1.82, 2.24) is 9.88 Å². The molecule has 1 aromatic rings. The summed E-state index contributed by atoms with van der Waals surface area (Å²) in [5, 5.41) is 11.2. The Kier molecular flexibility index (Phi) is 5.11. The molecule has 7 heteroatoms. The number of amides is 2. The fourth-order valence-electron chi connectivity index (χ4n) is 1.69. The first-order valence-electron chi connectivity index (χ1n) is 5.92. The number of carboxylic acid groups (broad SMARTS) is 1. The number of carboxylic acids is 1. The lowest BCUT2D eigenvalue weighted by Crippen LogP contribution is -2.43. The highest BCUT2D eigenvalue weighted by atomic mass is 16.4. The zero-order valence-corrected chi connectivity index (χ0v) is 10.6. The number of aliphatic carboxylic acids is 1. The molecule has 0 aliphatic heterocycles. The largest absolute Gasteiger partial charge is 0.480 e. The van der Waals surface area contributed by atoms with Gasteiger partial charge in [-0.05, 0) is 18.6 Å². The molecular formula is C12H17N3O4. The quantitative estimate of drug-likeness (QED) is 0.642. The number of nitrogens with two attached hydrogens (primary N) is 1. The zero-order chi connectivity index (χ0) is 14.4. The van der Waals surface area contributed by atoms with Gasteiger partial charge in [0.2, 0.25) is 5.91 Å². The van der Waals surface area contributed by atoms with Crippen LogP contribution in [0, 0.1) is 0 Å². The molecule has 4 N–H and O–H groups in total. The van der Waals surface area contributed by atoms with Crippen LogP contribution in [-0.4, -0.2) is 33.5 Å². The maximum atomic E-state index is 12.0. The number of primary amides is 1. The summed E-state index contributed by atoms with van der Waals surface area (Å²) in [5.74, 6) is -2.61. The van der Waals surface area contributed by atoms with Crippen molar-refractivity contribution in [2.45, 2.75) is 32.4 Å². The molecule has 19 heavy (non-hydrogen) atoms. The summed E-state index contributed by atoms with van der Waals surface area (Å²) in [5.41, 5.74) is 5.30. The molecule has 1 rings (SSSR count). The van der Waals surface area contributed by atoms with Gasteiger partial charge in [-0.2, -0.15) is 0 Å². The number of carbonyl (C=O) groups is 3.